The van der Waals surface area contributed by atoms with Gasteiger partial charge in [-0.05, 0) is 53.0 Å². The zero-order chi connectivity index (χ0) is 54.1. The second-order valence-electron chi connectivity index (χ2n) is 19.3. The zero-order valence-corrected chi connectivity index (χ0v) is 40.0. The van der Waals surface area contributed by atoms with Gasteiger partial charge in [0.05, 0.1) is 42.0 Å². The number of aliphatic hydroxyl groups is 11. The number of rotatable bonds is 13. The van der Waals surface area contributed by atoms with E-state index in [2.05, 4.69) is 25.9 Å². The lowest BCUT2D eigenvalue weighted by Crippen LogP contribution is -2.70. The summed E-state index contributed by atoms with van der Waals surface area (Å²) in [5.74, 6) is -10.5. The predicted molar refractivity (Wildman–Crippen MR) is 246 cm³/mol. The third kappa shape index (κ3) is 8.99. The predicted octanol–water partition coefficient (Wildman–Crippen LogP) is -8.30. The summed E-state index contributed by atoms with van der Waals surface area (Å²) in [6, 6.07) is -2.11. The zero-order valence-electron chi connectivity index (χ0n) is 40.0. The van der Waals surface area contributed by atoms with E-state index in [-0.39, 0.29) is 23.8 Å². The molecule has 4 aliphatic carbocycles. The average Bonchev–Trinajstić information content (AvgIpc) is 3.56. The van der Waals surface area contributed by atoms with E-state index in [9.17, 15) is 80.5 Å². The Morgan fingerprint density at radius 1 is 0.945 bits per heavy atom. The molecule has 29 nitrogen and oxygen atoms in total. The van der Waals surface area contributed by atoms with Crippen LogP contribution < -0.4 is 33.2 Å². The van der Waals surface area contributed by atoms with E-state index < -0.39 is 191 Å². The summed E-state index contributed by atoms with van der Waals surface area (Å²) in [6.07, 6.45) is -19.6. The van der Waals surface area contributed by atoms with E-state index in [4.69, 9.17) is 36.1 Å². The molecule has 6 aliphatic rings. The molecule has 2 saturated heterocycles. The van der Waals surface area contributed by atoms with Gasteiger partial charge in [0, 0.05) is 17.4 Å². The number of fused-ring (bicyclic) bond motifs is 3. The number of aliphatic imine (C=N–C) groups is 2. The van der Waals surface area contributed by atoms with E-state index in [0.717, 1.165) is 0 Å². The van der Waals surface area contributed by atoms with E-state index in [1.807, 2.05) is 0 Å². The third-order valence-electron chi connectivity index (χ3n) is 14.9. The fourth-order valence-corrected chi connectivity index (χ4v) is 10.9. The molecule has 1 aromatic carbocycles. The summed E-state index contributed by atoms with van der Waals surface area (Å²) in [4.78, 5) is 64.0. The number of nitrogens with one attached hydrogen (secondary N) is 3. The van der Waals surface area contributed by atoms with E-state index >= 15 is 0 Å². The van der Waals surface area contributed by atoms with Gasteiger partial charge in [-0.1, -0.05) is 12.1 Å². The van der Waals surface area contributed by atoms with Crippen LogP contribution in [0, 0.1) is 11.8 Å². The SMILES string of the molecule is CNC1C(OC2C(OC3C(O)C(O)C(N/C(N)=N/CNC(=O)C4=C(O)C5(O)C(=O)C6=C(O)c7c(O)cccc7C(C)(O)C6CC5C(N(C)C)C4=O)C(O)C3N=C(N)N)OC(C)C2(O)C=O)OC(CO)C(O)C1O. The summed E-state index contributed by atoms with van der Waals surface area (Å²) in [5, 5.41) is 142. The lowest BCUT2D eigenvalue weighted by atomic mass is 9.54. The van der Waals surface area contributed by atoms with Crippen LogP contribution in [0.3, 0.4) is 0 Å². The average molecular weight is 1040 g/mol. The first-order chi connectivity index (χ1) is 34.1. The van der Waals surface area contributed by atoms with Gasteiger partial charge in [-0.3, -0.25) is 24.1 Å². The van der Waals surface area contributed by atoms with Crippen LogP contribution in [0.2, 0.25) is 0 Å². The number of amides is 1. The van der Waals surface area contributed by atoms with Gasteiger partial charge in [-0.15, -0.1) is 0 Å². The molecule has 20 unspecified atom stereocenters. The number of Topliss-reactive ketones (excluding diaryl/α,β-unsaturated/α-hetero) is 2. The third-order valence-corrected chi connectivity index (χ3v) is 14.9. The van der Waals surface area contributed by atoms with Crippen LogP contribution in [0.5, 0.6) is 5.75 Å². The number of nitrogens with two attached hydrogens (primary N) is 3. The smallest absolute Gasteiger partial charge is 0.259 e. The number of carbonyl (C=O) groups excluding carboxylic acids is 4. The number of nitrogens with zero attached hydrogens (tertiary/aromatic N) is 3. The summed E-state index contributed by atoms with van der Waals surface area (Å²) < 4.78 is 23.3. The Morgan fingerprint density at radius 3 is 2.21 bits per heavy atom. The van der Waals surface area contributed by atoms with Crippen LogP contribution in [0.25, 0.3) is 5.76 Å². The van der Waals surface area contributed by atoms with Crippen molar-refractivity contribution in [2.24, 2.45) is 39.0 Å². The molecule has 2 saturated carbocycles. The number of ketones is 2. The minimum Gasteiger partial charge on any atom is -0.508 e. The number of hydrogen-bond acceptors (Lipinski definition) is 24. The van der Waals surface area contributed by atoms with Crippen LogP contribution in [-0.2, 0) is 43.7 Å². The molecule has 2 heterocycles. The highest BCUT2D eigenvalue weighted by molar-refractivity contribution is 6.25. The molecule has 20 atom stereocenters. The summed E-state index contributed by atoms with van der Waals surface area (Å²) in [7, 11) is 4.20. The number of phenolic OH excluding ortho intramolecular Hbond substituents is 1. The molecule has 1 aromatic rings. The molecular weight excluding hydrogens is 975 g/mol. The standard InChI is InChI=1S/C44H63N9O20/c1-13-43(68,11-55)36(73-38-24(48-3)31(62)26(57)18(10-54)71-38)39(70-13)72-33-23(51-40(45)46)29(60)22(30(61)32(33)63)52-41(47)50-12-49-37(66)21-28(59)25(53(4)5)16-9-15-20(34(64)44(16,69)35(21)65)27(58)19-14(42(15,2)67)7-6-8-17(19)56/h6-8,11,13,15-16,18,22-26,29-33,36,38-39,48,54,56-58,60-63,65,67-69H,9-10,12H2,1-5H3,(H,49,66)(H4,45,46,51)(H3,47,50,52). The van der Waals surface area contributed by atoms with Gasteiger partial charge in [-0.25, -0.2) is 9.98 Å². The molecule has 0 spiro atoms. The van der Waals surface area contributed by atoms with Gasteiger partial charge >= 0.3 is 0 Å². The molecule has 2 aliphatic heterocycles. The monoisotopic (exact) mass is 1040 g/mol. The number of aromatic hydroxyl groups is 1. The van der Waals surface area contributed by atoms with Crippen molar-refractivity contribution in [1.82, 2.24) is 20.9 Å². The van der Waals surface area contributed by atoms with Crippen molar-refractivity contribution >= 4 is 41.4 Å². The lowest BCUT2D eigenvalue weighted by Gasteiger charge is -2.53. The number of guanidine groups is 2. The maximum atomic E-state index is 14.4. The second kappa shape index (κ2) is 20.3. The Morgan fingerprint density at radius 2 is 1.60 bits per heavy atom. The normalized spacial score (nSPS) is 41.7. The quantitative estimate of drug-likeness (QED) is 0.0378. The second-order valence-corrected chi connectivity index (χ2v) is 19.3. The Labute approximate surface area is 415 Å². The number of phenols is 1. The Balaban J connectivity index is 1.10. The van der Waals surface area contributed by atoms with Gasteiger partial charge < -0.3 is 113 Å². The topological polar surface area (TPSA) is 490 Å². The van der Waals surface area contributed by atoms with Crippen LogP contribution in [0.4, 0.5) is 0 Å². The highest BCUT2D eigenvalue weighted by Crippen LogP contribution is 2.57. The van der Waals surface area contributed by atoms with Crippen LogP contribution in [-0.4, -0.2) is 239 Å². The van der Waals surface area contributed by atoms with Crippen LogP contribution in [0.1, 0.15) is 31.4 Å². The molecule has 21 N–H and O–H groups in total. The first kappa shape index (κ1) is 55.3. The number of ether oxygens (including phenoxy) is 4. The first-order valence-corrected chi connectivity index (χ1v) is 23.0. The molecule has 7 rings (SSSR count). The van der Waals surface area contributed by atoms with Gasteiger partial charge in [0.25, 0.3) is 5.91 Å². The Bertz CT molecular complexity index is 2470. The van der Waals surface area contributed by atoms with Crippen molar-refractivity contribution in [2.45, 2.75) is 129 Å². The van der Waals surface area contributed by atoms with Gasteiger partial charge in [0.2, 0.25) is 5.78 Å². The number of aliphatic hydroxyl groups excluding tert-OH is 8. The molecule has 0 bridgehead atoms. The van der Waals surface area contributed by atoms with Crippen molar-refractivity contribution in [3.05, 3.63) is 46.2 Å². The van der Waals surface area contributed by atoms with Crippen LogP contribution in [0.15, 0.2) is 45.1 Å². The van der Waals surface area contributed by atoms with Crippen molar-refractivity contribution in [3.8, 4) is 5.75 Å². The Kier molecular flexibility index (Phi) is 15.4. The number of benzene rings is 1. The highest BCUT2D eigenvalue weighted by Gasteiger charge is 2.67. The van der Waals surface area contributed by atoms with E-state index in [1.165, 1.54) is 58.1 Å². The molecule has 1 amide bonds. The maximum absolute atomic E-state index is 14.4. The van der Waals surface area contributed by atoms with Crippen molar-refractivity contribution < 1.29 is 99.4 Å². The number of aldehydes is 1. The minimum atomic E-state index is -3.03. The number of likely N-dealkylation sites (N-methyl/N-ethyl adjacent to an activating group) is 2. The molecule has 0 radical (unpaired) electrons. The highest BCUT2D eigenvalue weighted by atomic mass is 16.8. The van der Waals surface area contributed by atoms with Crippen molar-refractivity contribution in [3.63, 3.8) is 0 Å². The molecule has 29 heteroatoms. The molecular formula is C44H63N9O20. The summed E-state index contributed by atoms with van der Waals surface area (Å²) in [5.41, 5.74) is 8.10. The maximum Gasteiger partial charge on any atom is 0.259 e. The van der Waals surface area contributed by atoms with Gasteiger partial charge in [0.1, 0.15) is 84.4 Å². The number of carbonyl (C=O) groups is 4. The van der Waals surface area contributed by atoms with Gasteiger partial charge in [0.15, 0.2) is 47.8 Å². The van der Waals surface area contributed by atoms with E-state index in [0.29, 0.717) is 0 Å². The van der Waals surface area contributed by atoms with Crippen molar-refractivity contribution in [2.75, 3.05) is 34.4 Å². The summed E-state index contributed by atoms with van der Waals surface area (Å²) in [6.45, 7) is 0.984. The van der Waals surface area contributed by atoms with Gasteiger partial charge in [-0.2, -0.15) is 0 Å². The minimum absolute atomic E-state index is 0.0599. The molecule has 4 fully saturated rings. The molecule has 73 heavy (non-hydrogen) atoms. The Hall–Kier alpha value is -5.48. The largest absolute Gasteiger partial charge is 0.508 e. The first-order valence-electron chi connectivity index (χ1n) is 23.0. The molecule has 0 aromatic heterocycles. The fourth-order valence-electron chi connectivity index (χ4n) is 10.9. The fraction of sp³-hybridized carbons (Fsp3) is 0.636. The van der Waals surface area contributed by atoms with Crippen molar-refractivity contribution in [1.29, 1.82) is 0 Å². The van der Waals surface area contributed by atoms with Crippen LogP contribution >= 0.6 is 0 Å². The molecule has 404 valence electrons. The summed E-state index contributed by atoms with van der Waals surface area (Å²) >= 11 is 0. The van der Waals surface area contributed by atoms with E-state index in [1.54, 1.807) is 0 Å². The number of hydrogen-bond donors (Lipinski definition) is 18. The lowest BCUT2D eigenvalue weighted by molar-refractivity contribution is -0.314.